The van der Waals surface area contributed by atoms with Crippen LogP contribution >= 0.6 is 0 Å². The van der Waals surface area contributed by atoms with E-state index < -0.39 is 17.9 Å². The maximum atomic E-state index is 11.4. The third kappa shape index (κ3) is 4.45. The highest BCUT2D eigenvalue weighted by Gasteiger charge is 2.08. The lowest BCUT2D eigenvalue weighted by atomic mass is 10.1. The molecule has 1 N–H and O–H groups in total. The van der Waals surface area contributed by atoms with Gasteiger partial charge in [0.15, 0.2) is 6.61 Å². The summed E-state index contributed by atoms with van der Waals surface area (Å²) in [5.74, 6) is -1.23. The van der Waals surface area contributed by atoms with Crippen LogP contribution in [0.5, 0.6) is 5.75 Å². The summed E-state index contributed by atoms with van der Waals surface area (Å²) in [5, 5.41) is 12.7. The van der Waals surface area contributed by atoms with E-state index in [4.69, 9.17) is 4.74 Å². The number of carboxylic acids is 1. The predicted octanol–water partition coefficient (Wildman–Crippen LogP) is -0.0632. The van der Waals surface area contributed by atoms with Crippen molar-refractivity contribution >= 4 is 11.9 Å². The van der Waals surface area contributed by atoms with E-state index in [1.165, 1.54) is 6.92 Å². The lowest BCUT2D eigenvalue weighted by molar-refractivity contribution is -0.307. The zero-order valence-corrected chi connectivity index (χ0v) is 10.6. The number of carbonyl (C=O) groups excluding carboxylic acids is 2. The van der Waals surface area contributed by atoms with E-state index in [0.29, 0.717) is 5.75 Å². The van der Waals surface area contributed by atoms with Gasteiger partial charge >= 0.3 is 0 Å². The minimum absolute atomic E-state index is 0.222. The van der Waals surface area contributed by atoms with E-state index >= 15 is 0 Å². The van der Waals surface area contributed by atoms with Gasteiger partial charge in [0.25, 0.3) is 5.91 Å². The van der Waals surface area contributed by atoms with Crippen LogP contribution in [-0.4, -0.2) is 24.5 Å². The molecule has 0 heterocycles. The molecule has 0 aromatic heterocycles. The average Bonchev–Trinajstić information content (AvgIpc) is 2.25. The Morgan fingerprint density at radius 2 is 1.83 bits per heavy atom. The Hall–Kier alpha value is -2.04. The number of carboxylic acid groups (broad SMARTS) is 1. The van der Waals surface area contributed by atoms with Crippen molar-refractivity contribution in [2.45, 2.75) is 26.8 Å². The summed E-state index contributed by atoms with van der Waals surface area (Å²) in [6.45, 7) is 4.97. The van der Waals surface area contributed by atoms with Crippen molar-refractivity contribution < 1.29 is 19.4 Å². The highest BCUT2D eigenvalue weighted by molar-refractivity contribution is 5.83. The number of carbonyl (C=O) groups is 2. The number of amides is 1. The smallest absolute Gasteiger partial charge is 0.258 e. The summed E-state index contributed by atoms with van der Waals surface area (Å²) in [7, 11) is 0. The number of nitrogens with one attached hydrogen (secondary N) is 1. The number of hydrogen-bond acceptors (Lipinski definition) is 4. The average molecular weight is 250 g/mol. The van der Waals surface area contributed by atoms with E-state index in [1.54, 1.807) is 0 Å². The molecule has 0 saturated carbocycles. The molecule has 1 aromatic carbocycles. The lowest BCUT2D eigenvalue weighted by Gasteiger charge is -2.15. The van der Waals surface area contributed by atoms with Crippen molar-refractivity contribution in [3.63, 3.8) is 0 Å². The number of rotatable bonds is 5. The summed E-state index contributed by atoms with van der Waals surface area (Å²) in [6.07, 6.45) is 0. The fraction of sp³-hybridized carbons (Fsp3) is 0.385. The minimum Gasteiger partial charge on any atom is -0.548 e. The van der Waals surface area contributed by atoms with E-state index in [-0.39, 0.29) is 6.61 Å². The maximum Gasteiger partial charge on any atom is 0.258 e. The maximum absolute atomic E-state index is 11.4. The highest BCUT2D eigenvalue weighted by atomic mass is 16.5. The van der Waals surface area contributed by atoms with Crippen LogP contribution in [0, 0.1) is 13.8 Å². The van der Waals surface area contributed by atoms with Crippen molar-refractivity contribution in [3.05, 3.63) is 29.3 Å². The summed E-state index contributed by atoms with van der Waals surface area (Å²) in [5.41, 5.74) is 2.07. The first-order valence-corrected chi connectivity index (χ1v) is 5.60. The van der Waals surface area contributed by atoms with Gasteiger partial charge in [0.05, 0.1) is 12.0 Å². The number of aryl methyl sites for hydroxylation is 2. The number of hydrogen-bond donors (Lipinski definition) is 1. The molecule has 1 amide bonds. The fourth-order valence-corrected chi connectivity index (χ4v) is 1.51. The number of ether oxygens (including phenoxy) is 1. The zero-order valence-electron chi connectivity index (χ0n) is 10.6. The van der Waals surface area contributed by atoms with Crippen LogP contribution in [0.2, 0.25) is 0 Å². The quantitative estimate of drug-likeness (QED) is 0.794. The van der Waals surface area contributed by atoms with Gasteiger partial charge in [-0.1, -0.05) is 6.07 Å². The van der Waals surface area contributed by atoms with Crippen LogP contribution in [0.4, 0.5) is 0 Å². The number of aliphatic carboxylic acids is 1. The third-order valence-corrected chi connectivity index (χ3v) is 2.30. The van der Waals surface area contributed by atoms with Crippen molar-refractivity contribution in [2.75, 3.05) is 6.61 Å². The summed E-state index contributed by atoms with van der Waals surface area (Å²) < 4.78 is 5.28. The van der Waals surface area contributed by atoms with Gasteiger partial charge in [-0.2, -0.15) is 0 Å². The first-order valence-electron chi connectivity index (χ1n) is 5.60. The van der Waals surface area contributed by atoms with Crippen LogP contribution in [-0.2, 0) is 9.59 Å². The Labute approximate surface area is 106 Å². The highest BCUT2D eigenvalue weighted by Crippen LogP contribution is 2.15. The molecule has 0 saturated heterocycles. The monoisotopic (exact) mass is 250 g/mol. The molecule has 0 aliphatic rings. The Balaban J connectivity index is 2.50. The molecule has 1 atom stereocenters. The van der Waals surface area contributed by atoms with Gasteiger partial charge in [0.1, 0.15) is 5.75 Å². The van der Waals surface area contributed by atoms with E-state index in [2.05, 4.69) is 5.32 Å². The van der Waals surface area contributed by atoms with E-state index in [9.17, 15) is 14.7 Å². The summed E-state index contributed by atoms with van der Waals surface area (Å²) in [4.78, 5) is 21.8. The Morgan fingerprint density at radius 1 is 1.28 bits per heavy atom. The SMILES string of the molecule is Cc1cc(C)cc(OCC(=O)N[C@H](C)C(=O)[O-])c1. The number of benzene rings is 1. The minimum atomic E-state index is -1.32. The molecule has 0 aliphatic heterocycles. The molecule has 0 aliphatic carbocycles. The molecule has 1 rings (SSSR count). The first-order chi connectivity index (χ1) is 8.38. The molecular weight excluding hydrogens is 234 g/mol. The van der Waals surface area contributed by atoms with Gasteiger partial charge in [0.2, 0.25) is 0 Å². The Morgan fingerprint density at radius 3 is 2.33 bits per heavy atom. The van der Waals surface area contributed by atoms with Crippen molar-refractivity contribution in [2.24, 2.45) is 0 Å². The van der Waals surface area contributed by atoms with Gasteiger partial charge in [-0.3, -0.25) is 4.79 Å². The van der Waals surface area contributed by atoms with Crippen LogP contribution in [0.15, 0.2) is 18.2 Å². The molecule has 5 heteroatoms. The second kappa shape index (κ2) is 6.05. The standard InChI is InChI=1S/C13H17NO4/c1-8-4-9(2)6-11(5-8)18-7-12(15)14-10(3)13(16)17/h4-6,10H,7H2,1-3H3,(H,14,15)(H,16,17)/p-1/t10-/m1/s1. The lowest BCUT2D eigenvalue weighted by Crippen LogP contribution is -2.47. The van der Waals surface area contributed by atoms with Gasteiger partial charge in [-0.15, -0.1) is 0 Å². The van der Waals surface area contributed by atoms with Crippen LogP contribution in [0.25, 0.3) is 0 Å². The Bertz CT molecular complexity index is 436. The normalized spacial score (nSPS) is 11.7. The molecule has 5 nitrogen and oxygen atoms in total. The zero-order chi connectivity index (χ0) is 13.7. The van der Waals surface area contributed by atoms with Crippen LogP contribution in [0.3, 0.4) is 0 Å². The largest absolute Gasteiger partial charge is 0.548 e. The second-order valence-electron chi connectivity index (χ2n) is 4.22. The van der Waals surface area contributed by atoms with Crippen LogP contribution < -0.4 is 15.2 Å². The molecule has 0 bridgehead atoms. The van der Waals surface area contributed by atoms with Crippen molar-refractivity contribution in [1.29, 1.82) is 0 Å². The first kappa shape index (κ1) is 14.0. The molecule has 18 heavy (non-hydrogen) atoms. The molecular formula is C13H16NO4-. The molecule has 0 unspecified atom stereocenters. The second-order valence-corrected chi connectivity index (χ2v) is 4.22. The third-order valence-electron chi connectivity index (χ3n) is 2.30. The molecule has 0 fully saturated rings. The Kier molecular flexibility index (Phi) is 4.71. The summed E-state index contributed by atoms with van der Waals surface area (Å²) in [6, 6.07) is 4.58. The fourth-order valence-electron chi connectivity index (χ4n) is 1.51. The summed E-state index contributed by atoms with van der Waals surface area (Å²) >= 11 is 0. The van der Waals surface area contributed by atoms with E-state index in [0.717, 1.165) is 11.1 Å². The van der Waals surface area contributed by atoms with E-state index in [1.807, 2.05) is 32.0 Å². The topological polar surface area (TPSA) is 78.5 Å². The molecule has 0 radical (unpaired) electrons. The van der Waals surface area contributed by atoms with Gasteiger partial charge in [-0.05, 0) is 44.0 Å². The molecule has 0 spiro atoms. The van der Waals surface area contributed by atoms with Gasteiger partial charge in [0, 0.05) is 0 Å². The van der Waals surface area contributed by atoms with Gasteiger partial charge in [-0.25, -0.2) is 0 Å². The van der Waals surface area contributed by atoms with Crippen molar-refractivity contribution in [1.82, 2.24) is 5.32 Å². The van der Waals surface area contributed by atoms with Crippen molar-refractivity contribution in [3.8, 4) is 5.75 Å². The van der Waals surface area contributed by atoms with Crippen LogP contribution in [0.1, 0.15) is 18.1 Å². The predicted molar refractivity (Wildman–Crippen MR) is 64.0 cm³/mol. The molecule has 1 aromatic rings. The molecule has 98 valence electrons. The van der Waals surface area contributed by atoms with Gasteiger partial charge < -0.3 is 20.0 Å².